The first-order valence-electron chi connectivity index (χ1n) is 5.17. The molecule has 3 heterocycles. The highest BCUT2D eigenvalue weighted by molar-refractivity contribution is 5.90. The van der Waals surface area contributed by atoms with Gasteiger partial charge >= 0.3 is 0 Å². The van der Waals surface area contributed by atoms with Crippen LogP contribution in [0.1, 0.15) is 11.7 Å². The molecule has 0 aromatic carbocycles. The Hall–Kier alpha value is -1.42. The topological polar surface area (TPSA) is 41.0 Å². The Labute approximate surface area is 88.6 Å². The van der Waals surface area contributed by atoms with E-state index in [2.05, 4.69) is 21.9 Å². The van der Waals surface area contributed by atoms with Gasteiger partial charge in [-0.15, -0.1) is 0 Å². The van der Waals surface area contributed by atoms with Crippen LogP contribution < -0.4 is 0 Å². The summed E-state index contributed by atoms with van der Waals surface area (Å²) in [5, 5.41) is 0. The molecule has 4 nitrogen and oxygen atoms in total. The maximum Gasteiger partial charge on any atom is 0.146 e. The molecule has 0 unspecified atom stereocenters. The van der Waals surface area contributed by atoms with Crippen LogP contribution in [0.2, 0.25) is 0 Å². The largest absolute Gasteiger partial charge is 0.359 e. The van der Waals surface area contributed by atoms with Crippen molar-refractivity contribution in [3.63, 3.8) is 0 Å². The van der Waals surface area contributed by atoms with Crippen molar-refractivity contribution in [2.24, 2.45) is 4.99 Å². The molecule has 2 aliphatic rings. The highest BCUT2D eigenvalue weighted by Gasteiger charge is 2.46. The molecule has 1 aromatic rings. The fourth-order valence-corrected chi connectivity index (χ4v) is 1.96. The molecule has 78 valence electrons. The van der Waals surface area contributed by atoms with Crippen molar-refractivity contribution in [3.05, 3.63) is 30.1 Å². The minimum absolute atomic E-state index is 0.154. The van der Waals surface area contributed by atoms with Gasteiger partial charge in [0.2, 0.25) is 0 Å². The molecule has 0 amide bonds. The Kier molecular flexibility index (Phi) is 1.95. The summed E-state index contributed by atoms with van der Waals surface area (Å²) < 4.78 is 5.64. The summed E-state index contributed by atoms with van der Waals surface area (Å²) in [7, 11) is 2.06. The third-order valence-electron chi connectivity index (χ3n) is 2.86. The molecule has 0 bridgehead atoms. The number of aliphatic imine (C=N–C) groups is 1. The van der Waals surface area contributed by atoms with Crippen molar-refractivity contribution in [2.75, 3.05) is 20.1 Å². The van der Waals surface area contributed by atoms with Crippen LogP contribution in [-0.2, 0) is 4.74 Å². The smallest absolute Gasteiger partial charge is 0.146 e. The van der Waals surface area contributed by atoms with Crippen LogP contribution in [0.4, 0.5) is 0 Å². The summed E-state index contributed by atoms with van der Waals surface area (Å²) in [6.45, 7) is 1.90. The number of likely N-dealkylation sites (N-methyl/N-ethyl adjacent to an activating group) is 1. The minimum atomic E-state index is 0.154. The molecule has 0 radical (unpaired) electrons. The van der Waals surface area contributed by atoms with Crippen LogP contribution in [0, 0.1) is 0 Å². The summed E-state index contributed by atoms with van der Waals surface area (Å²) in [4.78, 5) is 10.7. The van der Waals surface area contributed by atoms with E-state index in [-0.39, 0.29) is 12.2 Å². The second-order valence-electron chi connectivity index (χ2n) is 3.93. The number of amidine groups is 1. The zero-order valence-electron chi connectivity index (χ0n) is 8.63. The molecule has 0 N–H and O–H groups in total. The van der Waals surface area contributed by atoms with Gasteiger partial charge in [-0.1, -0.05) is 6.07 Å². The van der Waals surface area contributed by atoms with Crippen LogP contribution in [0.3, 0.4) is 0 Å². The lowest BCUT2D eigenvalue weighted by Crippen LogP contribution is -2.27. The van der Waals surface area contributed by atoms with Gasteiger partial charge in [0.1, 0.15) is 18.0 Å². The normalized spacial score (nSPS) is 29.1. The van der Waals surface area contributed by atoms with Gasteiger partial charge in [0, 0.05) is 31.5 Å². The van der Waals surface area contributed by atoms with Crippen molar-refractivity contribution < 1.29 is 4.74 Å². The minimum Gasteiger partial charge on any atom is -0.359 e. The number of ether oxygens (including phenoxy) is 1. The van der Waals surface area contributed by atoms with Gasteiger partial charge in [-0.05, 0) is 6.07 Å². The molecular weight excluding hydrogens is 190 g/mol. The monoisotopic (exact) mass is 203 g/mol. The number of hydrogen-bond acceptors (Lipinski definition) is 4. The SMILES string of the molecule is CN1CCN=C1[C@H]1O[C@@H]1c1cccnc1. The molecule has 2 atom stereocenters. The molecule has 1 saturated heterocycles. The Balaban J connectivity index is 1.75. The van der Waals surface area contributed by atoms with Gasteiger partial charge in [-0.3, -0.25) is 9.98 Å². The fraction of sp³-hybridized carbons (Fsp3) is 0.455. The Morgan fingerprint density at radius 1 is 1.47 bits per heavy atom. The molecule has 15 heavy (non-hydrogen) atoms. The number of pyridine rings is 1. The second-order valence-corrected chi connectivity index (χ2v) is 3.93. The van der Waals surface area contributed by atoms with E-state index in [1.165, 1.54) is 0 Å². The molecule has 0 spiro atoms. The summed E-state index contributed by atoms with van der Waals surface area (Å²) in [6, 6.07) is 3.99. The highest BCUT2D eigenvalue weighted by atomic mass is 16.6. The highest BCUT2D eigenvalue weighted by Crippen LogP contribution is 2.40. The van der Waals surface area contributed by atoms with Crippen molar-refractivity contribution in [1.29, 1.82) is 0 Å². The molecule has 1 fully saturated rings. The summed E-state index contributed by atoms with van der Waals surface area (Å²) in [6.07, 6.45) is 3.96. The van der Waals surface area contributed by atoms with E-state index in [0.717, 1.165) is 24.5 Å². The zero-order valence-corrected chi connectivity index (χ0v) is 8.63. The molecule has 0 aliphatic carbocycles. The van der Waals surface area contributed by atoms with E-state index in [4.69, 9.17) is 4.74 Å². The van der Waals surface area contributed by atoms with Gasteiger partial charge in [0.15, 0.2) is 0 Å². The molecule has 2 aliphatic heterocycles. The Morgan fingerprint density at radius 3 is 3.07 bits per heavy atom. The molecule has 4 heteroatoms. The first kappa shape index (κ1) is 8.85. The van der Waals surface area contributed by atoms with Gasteiger partial charge < -0.3 is 9.64 Å². The van der Waals surface area contributed by atoms with E-state index in [0.29, 0.717) is 0 Å². The van der Waals surface area contributed by atoms with Crippen LogP contribution in [0.5, 0.6) is 0 Å². The standard InChI is InChI=1S/C11H13N3O/c1-14-6-5-13-11(14)10-9(15-10)8-3-2-4-12-7-8/h2-4,7,9-10H,5-6H2,1H3/t9-,10+/m1/s1. The zero-order chi connectivity index (χ0) is 10.3. The number of aromatic nitrogens is 1. The average Bonchev–Trinajstić information content (AvgIpc) is 2.96. The van der Waals surface area contributed by atoms with Crippen molar-refractivity contribution in [1.82, 2.24) is 9.88 Å². The molecule has 3 rings (SSSR count). The lowest BCUT2D eigenvalue weighted by molar-refractivity contribution is 0.390. The predicted octanol–water partition coefficient (Wildman–Crippen LogP) is 0.865. The number of epoxide rings is 1. The van der Waals surface area contributed by atoms with E-state index in [1.54, 1.807) is 6.20 Å². The third kappa shape index (κ3) is 1.51. The van der Waals surface area contributed by atoms with Crippen LogP contribution >= 0.6 is 0 Å². The van der Waals surface area contributed by atoms with Gasteiger partial charge in [0.25, 0.3) is 0 Å². The molecule has 1 aromatic heterocycles. The maximum atomic E-state index is 5.64. The van der Waals surface area contributed by atoms with Crippen LogP contribution in [0.25, 0.3) is 0 Å². The van der Waals surface area contributed by atoms with Gasteiger partial charge in [-0.2, -0.15) is 0 Å². The van der Waals surface area contributed by atoms with E-state index >= 15 is 0 Å². The van der Waals surface area contributed by atoms with E-state index < -0.39 is 0 Å². The second kappa shape index (κ2) is 3.31. The number of rotatable bonds is 2. The first-order valence-corrected chi connectivity index (χ1v) is 5.17. The van der Waals surface area contributed by atoms with Crippen LogP contribution in [0.15, 0.2) is 29.5 Å². The number of hydrogen-bond donors (Lipinski definition) is 0. The quantitative estimate of drug-likeness (QED) is 0.669. The lowest BCUT2D eigenvalue weighted by Gasteiger charge is -2.10. The summed E-state index contributed by atoms with van der Waals surface area (Å²) >= 11 is 0. The maximum absolute atomic E-state index is 5.64. The molecule has 0 saturated carbocycles. The van der Waals surface area contributed by atoms with E-state index in [9.17, 15) is 0 Å². The number of nitrogens with zero attached hydrogens (tertiary/aromatic N) is 3. The van der Waals surface area contributed by atoms with Gasteiger partial charge in [0.05, 0.1) is 6.54 Å². The average molecular weight is 203 g/mol. The lowest BCUT2D eigenvalue weighted by atomic mass is 10.1. The van der Waals surface area contributed by atoms with E-state index in [1.807, 2.05) is 18.3 Å². The summed E-state index contributed by atoms with van der Waals surface area (Å²) in [5.41, 5.74) is 1.14. The van der Waals surface area contributed by atoms with Crippen molar-refractivity contribution in [2.45, 2.75) is 12.2 Å². The summed E-state index contributed by atoms with van der Waals surface area (Å²) in [5.74, 6) is 1.09. The first-order chi connectivity index (χ1) is 7.36. The van der Waals surface area contributed by atoms with Gasteiger partial charge in [-0.25, -0.2) is 0 Å². The van der Waals surface area contributed by atoms with Crippen LogP contribution in [-0.4, -0.2) is 42.0 Å². The Morgan fingerprint density at radius 2 is 2.40 bits per heavy atom. The predicted molar refractivity (Wildman–Crippen MR) is 56.8 cm³/mol. The van der Waals surface area contributed by atoms with Crippen molar-refractivity contribution in [3.8, 4) is 0 Å². The Bertz CT molecular complexity index is 390. The fourth-order valence-electron chi connectivity index (χ4n) is 1.96. The third-order valence-corrected chi connectivity index (χ3v) is 2.86. The molecular formula is C11H13N3O. The van der Waals surface area contributed by atoms with Crippen molar-refractivity contribution >= 4 is 5.84 Å².